The first kappa shape index (κ1) is 15.3. The van der Waals surface area contributed by atoms with Gasteiger partial charge in [0.1, 0.15) is 17.7 Å². The lowest BCUT2D eigenvalue weighted by Gasteiger charge is -2.09. The lowest BCUT2D eigenvalue weighted by Crippen LogP contribution is -2.23. The molecule has 0 aliphatic heterocycles. The normalized spacial score (nSPS) is 9.18. The van der Waals surface area contributed by atoms with Gasteiger partial charge in [-0.1, -0.05) is 18.2 Å². The van der Waals surface area contributed by atoms with Crippen LogP contribution in [0, 0.1) is 22.7 Å². The Morgan fingerprint density at radius 2 is 1.95 bits per heavy atom. The fraction of sp³-hybridized carbons (Fsp3) is 0.0625. The molecule has 0 saturated carbocycles. The number of nitrogens with zero attached hydrogens (tertiary/aromatic N) is 2. The first-order valence-electron chi connectivity index (χ1n) is 6.41. The number of thiophene rings is 1. The van der Waals surface area contributed by atoms with Crippen LogP contribution in [0.5, 0.6) is 0 Å². The Balaban J connectivity index is 2.11. The van der Waals surface area contributed by atoms with Crippen LogP contribution in [0.2, 0.25) is 0 Å². The fourth-order valence-electron chi connectivity index (χ4n) is 1.72. The van der Waals surface area contributed by atoms with Crippen molar-refractivity contribution in [3.63, 3.8) is 0 Å². The maximum atomic E-state index is 12.2. The lowest BCUT2D eigenvalue weighted by atomic mass is 10.1. The van der Waals surface area contributed by atoms with Crippen molar-refractivity contribution < 1.29 is 4.79 Å². The van der Waals surface area contributed by atoms with Crippen LogP contribution in [0.15, 0.2) is 53.6 Å². The second kappa shape index (κ2) is 7.63. The molecule has 0 bridgehead atoms. The van der Waals surface area contributed by atoms with E-state index in [-0.39, 0.29) is 11.5 Å². The number of hydrogen-bond donors (Lipinski definition) is 2. The molecule has 22 heavy (non-hydrogen) atoms. The Morgan fingerprint density at radius 1 is 1.18 bits per heavy atom. The number of nitrogens with one attached hydrogen (secondary N) is 2. The van der Waals surface area contributed by atoms with E-state index in [2.05, 4.69) is 10.6 Å². The molecular formula is C16H12N4OS. The third-order valence-corrected chi connectivity index (χ3v) is 3.66. The van der Waals surface area contributed by atoms with Crippen LogP contribution >= 0.6 is 11.3 Å². The summed E-state index contributed by atoms with van der Waals surface area (Å²) in [6, 6.07) is 14.3. The number of hydrogen-bond acceptors (Lipinski definition) is 5. The van der Waals surface area contributed by atoms with E-state index in [1.54, 1.807) is 47.7 Å². The van der Waals surface area contributed by atoms with Gasteiger partial charge in [0.2, 0.25) is 0 Å². The van der Waals surface area contributed by atoms with Crippen LogP contribution in [0.1, 0.15) is 15.2 Å². The zero-order chi connectivity index (χ0) is 15.8. The highest BCUT2D eigenvalue weighted by atomic mass is 32.1. The van der Waals surface area contributed by atoms with E-state index >= 15 is 0 Å². The molecule has 2 N–H and O–H groups in total. The van der Waals surface area contributed by atoms with Crippen molar-refractivity contribution >= 4 is 22.9 Å². The molecule has 1 aromatic carbocycles. The molecule has 5 nitrogen and oxygen atoms in total. The van der Waals surface area contributed by atoms with Crippen LogP contribution < -0.4 is 10.6 Å². The average Bonchev–Trinajstić information content (AvgIpc) is 3.07. The zero-order valence-corrected chi connectivity index (χ0v) is 12.4. The van der Waals surface area contributed by atoms with Gasteiger partial charge < -0.3 is 10.6 Å². The summed E-state index contributed by atoms with van der Waals surface area (Å²) in [5, 5.41) is 25.0. The van der Waals surface area contributed by atoms with Crippen molar-refractivity contribution in [2.24, 2.45) is 0 Å². The topological polar surface area (TPSA) is 88.7 Å². The third kappa shape index (κ3) is 3.95. The Hall–Kier alpha value is -3.09. The van der Waals surface area contributed by atoms with Crippen molar-refractivity contribution in [3.05, 3.63) is 64.0 Å². The van der Waals surface area contributed by atoms with Gasteiger partial charge in [-0.2, -0.15) is 10.5 Å². The minimum atomic E-state index is -0.222. The number of carbonyl (C=O) groups excluding carboxylic acids is 1. The molecule has 1 amide bonds. The summed E-state index contributed by atoms with van der Waals surface area (Å²) >= 11 is 1.57. The van der Waals surface area contributed by atoms with Crippen LogP contribution in [-0.2, 0) is 6.54 Å². The number of carbonyl (C=O) groups is 1. The quantitative estimate of drug-likeness (QED) is 0.831. The predicted molar refractivity (Wildman–Crippen MR) is 84.9 cm³/mol. The highest BCUT2D eigenvalue weighted by Crippen LogP contribution is 2.16. The van der Waals surface area contributed by atoms with Gasteiger partial charge >= 0.3 is 0 Å². The molecule has 0 fully saturated rings. The highest BCUT2D eigenvalue weighted by Gasteiger charge is 2.10. The van der Waals surface area contributed by atoms with Gasteiger partial charge in [0.25, 0.3) is 5.91 Å². The van der Waals surface area contributed by atoms with E-state index in [0.29, 0.717) is 17.8 Å². The van der Waals surface area contributed by atoms with Crippen molar-refractivity contribution in [2.45, 2.75) is 6.54 Å². The Morgan fingerprint density at radius 3 is 2.64 bits per heavy atom. The van der Waals surface area contributed by atoms with Crippen LogP contribution in [0.4, 0.5) is 5.69 Å². The van der Waals surface area contributed by atoms with Crippen molar-refractivity contribution in [1.29, 1.82) is 10.5 Å². The van der Waals surface area contributed by atoms with Crippen molar-refractivity contribution in [2.75, 3.05) is 5.32 Å². The van der Waals surface area contributed by atoms with Gasteiger partial charge in [-0.05, 0) is 23.6 Å². The summed E-state index contributed by atoms with van der Waals surface area (Å²) < 4.78 is 0. The van der Waals surface area contributed by atoms with Crippen LogP contribution in [0.25, 0.3) is 0 Å². The van der Waals surface area contributed by atoms with E-state index < -0.39 is 0 Å². The van der Waals surface area contributed by atoms with E-state index in [1.165, 1.54) is 6.20 Å². The molecule has 108 valence electrons. The maximum absolute atomic E-state index is 12.2. The zero-order valence-electron chi connectivity index (χ0n) is 11.5. The molecule has 0 atom stereocenters. The lowest BCUT2D eigenvalue weighted by molar-refractivity contribution is 0.0952. The molecule has 2 aromatic rings. The maximum Gasteiger partial charge on any atom is 0.253 e. The standard InChI is InChI=1S/C16H12N4OS/c17-8-12(9-18)10-19-15-6-2-1-5-14(15)16(21)20-11-13-4-3-7-22-13/h1-7,10,19H,11H2,(H,20,21). The van der Waals surface area contributed by atoms with Gasteiger partial charge in [0.05, 0.1) is 17.8 Å². The molecule has 2 rings (SSSR count). The summed E-state index contributed by atoms with van der Waals surface area (Å²) in [7, 11) is 0. The minimum absolute atomic E-state index is 0.0613. The molecule has 0 saturated heterocycles. The molecule has 0 aliphatic carbocycles. The monoisotopic (exact) mass is 308 g/mol. The number of allylic oxidation sites excluding steroid dienone is 1. The summed E-state index contributed by atoms with van der Waals surface area (Å²) in [4.78, 5) is 13.3. The smallest absolute Gasteiger partial charge is 0.253 e. The molecular weight excluding hydrogens is 296 g/mol. The predicted octanol–water partition coefficient (Wildman–Crippen LogP) is 3.02. The largest absolute Gasteiger partial charge is 0.359 e. The second-order valence-electron chi connectivity index (χ2n) is 4.23. The number of amides is 1. The second-order valence-corrected chi connectivity index (χ2v) is 5.27. The van der Waals surface area contributed by atoms with E-state index in [0.717, 1.165) is 4.88 Å². The van der Waals surface area contributed by atoms with Gasteiger partial charge in [-0.25, -0.2) is 0 Å². The molecule has 1 heterocycles. The summed E-state index contributed by atoms with van der Waals surface area (Å²) in [6.45, 7) is 0.461. The highest BCUT2D eigenvalue weighted by molar-refractivity contribution is 7.09. The number of anilines is 1. The molecule has 0 radical (unpaired) electrons. The number of nitriles is 2. The van der Waals surface area contributed by atoms with Gasteiger partial charge in [0.15, 0.2) is 0 Å². The number of para-hydroxylation sites is 1. The Bertz CT molecular complexity index is 750. The SMILES string of the molecule is N#CC(C#N)=CNc1ccccc1C(=O)NCc1cccs1. The van der Waals surface area contributed by atoms with Gasteiger partial charge in [0, 0.05) is 11.1 Å². The van der Waals surface area contributed by atoms with E-state index in [4.69, 9.17) is 10.5 Å². The first-order valence-corrected chi connectivity index (χ1v) is 7.29. The van der Waals surface area contributed by atoms with Gasteiger partial charge in [-0.15, -0.1) is 11.3 Å². The molecule has 1 aromatic heterocycles. The first-order chi connectivity index (χ1) is 10.7. The van der Waals surface area contributed by atoms with E-state index in [1.807, 2.05) is 17.5 Å². The van der Waals surface area contributed by atoms with Crippen molar-refractivity contribution in [3.8, 4) is 12.1 Å². The Labute approximate surface area is 132 Å². The van der Waals surface area contributed by atoms with Gasteiger partial charge in [-0.3, -0.25) is 4.79 Å². The van der Waals surface area contributed by atoms with Crippen LogP contribution in [-0.4, -0.2) is 5.91 Å². The Kier molecular flexibility index (Phi) is 5.31. The summed E-state index contributed by atoms with van der Waals surface area (Å²) in [6.07, 6.45) is 1.28. The molecule has 6 heteroatoms. The summed E-state index contributed by atoms with van der Waals surface area (Å²) in [5.41, 5.74) is 0.925. The van der Waals surface area contributed by atoms with Crippen molar-refractivity contribution in [1.82, 2.24) is 5.32 Å². The average molecular weight is 308 g/mol. The van der Waals surface area contributed by atoms with Crippen LogP contribution in [0.3, 0.4) is 0 Å². The minimum Gasteiger partial charge on any atom is -0.359 e. The molecule has 0 unspecified atom stereocenters. The fourth-order valence-corrected chi connectivity index (χ4v) is 2.37. The molecule has 0 spiro atoms. The summed E-state index contributed by atoms with van der Waals surface area (Å²) in [5.74, 6) is -0.222. The van der Waals surface area contributed by atoms with E-state index in [9.17, 15) is 4.79 Å². The number of rotatable bonds is 5. The number of benzene rings is 1. The third-order valence-electron chi connectivity index (χ3n) is 2.79. The molecule has 0 aliphatic rings.